The average Bonchev–Trinajstić information content (AvgIpc) is 3.03. The van der Waals surface area contributed by atoms with E-state index in [2.05, 4.69) is 15.4 Å². The first-order chi connectivity index (χ1) is 23.6. The van der Waals surface area contributed by atoms with Crippen molar-refractivity contribution in [3.63, 3.8) is 0 Å². The maximum absolute atomic E-state index is 15.3. The van der Waals surface area contributed by atoms with E-state index in [-0.39, 0.29) is 54.1 Å². The number of benzene rings is 4. The fourth-order valence-electron chi connectivity index (χ4n) is 6.12. The highest BCUT2D eigenvalue weighted by atomic mass is 32.2. The minimum atomic E-state index is -4.95. The Hall–Kier alpha value is -4.47. The molecule has 0 spiro atoms. The third-order valence-corrected chi connectivity index (χ3v) is 10.4. The van der Waals surface area contributed by atoms with Crippen LogP contribution >= 0.6 is 0 Å². The van der Waals surface area contributed by atoms with Crippen LogP contribution in [0.5, 0.6) is 5.75 Å². The molecule has 0 aliphatic carbocycles. The summed E-state index contributed by atoms with van der Waals surface area (Å²) in [6.07, 6.45) is -5.22. The van der Waals surface area contributed by atoms with Gasteiger partial charge in [-0.2, -0.15) is 4.31 Å². The van der Waals surface area contributed by atoms with Gasteiger partial charge in [0.25, 0.3) is 0 Å². The molecule has 3 unspecified atom stereocenters. The molecule has 0 radical (unpaired) electrons. The Balaban J connectivity index is 1.35. The van der Waals surface area contributed by atoms with Crippen LogP contribution in [-0.2, 0) is 21.2 Å². The van der Waals surface area contributed by atoms with Crippen molar-refractivity contribution < 1.29 is 48.7 Å². The molecule has 50 heavy (non-hydrogen) atoms. The number of amides is 1. The van der Waals surface area contributed by atoms with Crippen LogP contribution in [0.25, 0.3) is 0 Å². The van der Waals surface area contributed by atoms with Crippen LogP contribution < -0.4 is 15.4 Å². The molecule has 1 heterocycles. The van der Waals surface area contributed by atoms with Crippen molar-refractivity contribution in [3.8, 4) is 5.75 Å². The van der Waals surface area contributed by atoms with Crippen molar-refractivity contribution in [2.75, 3.05) is 18.4 Å². The SMILES string of the molecule is CC1CNCC(CCc2c(F)cccc2NC(=O)CC(c2ccc(F)cc2)c2cc(F)cc(F)c2)N1S(=O)(=O)c1ccc(OC(F)(F)F)cc1. The molecular formula is C35H32F7N3O4S. The van der Waals surface area contributed by atoms with Crippen LogP contribution in [0, 0.1) is 23.3 Å². The Morgan fingerprint density at radius 1 is 0.900 bits per heavy atom. The van der Waals surface area contributed by atoms with Gasteiger partial charge in [-0.05, 0) is 91.6 Å². The average molecular weight is 724 g/mol. The molecule has 1 fully saturated rings. The Labute approximate surface area is 284 Å². The number of piperazine rings is 1. The van der Waals surface area contributed by atoms with Gasteiger partial charge in [-0.15, -0.1) is 13.2 Å². The number of rotatable bonds is 11. The molecule has 1 aliphatic heterocycles. The monoisotopic (exact) mass is 723 g/mol. The van der Waals surface area contributed by atoms with Crippen LogP contribution in [0.4, 0.5) is 36.4 Å². The lowest BCUT2D eigenvalue weighted by atomic mass is 9.88. The van der Waals surface area contributed by atoms with Crippen LogP contribution in [0.15, 0.2) is 89.8 Å². The number of carbonyl (C=O) groups is 1. The van der Waals surface area contributed by atoms with Crippen LogP contribution in [0.1, 0.15) is 42.4 Å². The van der Waals surface area contributed by atoms with E-state index in [4.69, 9.17) is 0 Å². The Morgan fingerprint density at radius 3 is 2.20 bits per heavy atom. The van der Waals surface area contributed by atoms with Gasteiger partial charge in [0.15, 0.2) is 0 Å². The lowest BCUT2D eigenvalue weighted by Gasteiger charge is -2.40. The van der Waals surface area contributed by atoms with Gasteiger partial charge >= 0.3 is 6.36 Å². The van der Waals surface area contributed by atoms with Crippen molar-refractivity contribution in [3.05, 3.63) is 125 Å². The molecule has 266 valence electrons. The third kappa shape index (κ3) is 9.00. The zero-order valence-corrected chi connectivity index (χ0v) is 27.3. The van der Waals surface area contributed by atoms with Gasteiger partial charge in [0.2, 0.25) is 15.9 Å². The summed E-state index contributed by atoms with van der Waals surface area (Å²) in [5.74, 6) is -5.05. The predicted molar refractivity (Wildman–Crippen MR) is 171 cm³/mol. The zero-order valence-electron chi connectivity index (χ0n) is 26.5. The number of sulfonamides is 1. The Kier molecular flexibility index (Phi) is 11.2. The molecule has 4 aromatic rings. The third-order valence-electron chi connectivity index (χ3n) is 8.32. The van der Waals surface area contributed by atoms with Crippen molar-refractivity contribution in [1.29, 1.82) is 0 Å². The van der Waals surface area contributed by atoms with Gasteiger partial charge in [0.05, 0.1) is 4.90 Å². The maximum atomic E-state index is 15.3. The summed E-state index contributed by atoms with van der Waals surface area (Å²) in [6, 6.07) is 14.5. The molecule has 0 bridgehead atoms. The van der Waals surface area contributed by atoms with Gasteiger partial charge in [0, 0.05) is 54.8 Å². The molecule has 0 saturated carbocycles. The van der Waals surface area contributed by atoms with Crippen molar-refractivity contribution in [1.82, 2.24) is 9.62 Å². The van der Waals surface area contributed by atoms with E-state index in [9.17, 15) is 39.6 Å². The fraction of sp³-hybridized carbons (Fsp3) is 0.286. The number of anilines is 1. The first-order valence-corrected chi connectivity index (χ1v) is 16.9. The molecule has 3 atom stereocenters. The van der Waals surface area contributed by atoms with Gasteiger partial charge < -0.3 is 15.4 Å². The quantitative estimate of drug-likeness (QED) is 0.159. The lowest BCUT2D eigenvalue weighted by molar-refractivity contribution is -0.274. The predicted octanol–water partition coefficient (Wildman–Crippen LogP) is 7.29. The maximum Gasteiger partial charge on any atom is 0.573 e. The summed E-state index contributed by atoms with van der Waals surface area (Å²) in [5, 5.41) is 5.81. The molecule has 5 rings (SSSR count). The van der Waals surface area contributed by atoms with E-state index in [1.54, 1.807) is 6.92 Å². The number of halogens is 7. The first-order valence-electron chi connectivity index (χ1n) is 15.5. The number of nitrogens with one attached hydrogen (secondary N) is 2. The molecular weight excluding hydrogens is 691 g/mol. The second kappa shape index (κ2) is 15.2. The number of hydrogen-bond donors (Lipinski definition) is 2. The van der Waals surface area contributed by atoms with Gasteiger partial charge in [-0.3, -0.25) is 4.79 Å². The fourth-order valence-corrected chi connectivity index (χ4v) is 7.97. The molecule has 1 amide bonds. The topological polar surface area (TPSA) is 87.7 Å². The number of ether oxygens (including phenoxy) is 1. The number of hydrogen-bond acceptors (Lipinski definition) is 5. The van der Waals surface area contributed by atoms with Crippen LogP contribution in [0.3, 0.4) is 0 Å². The van der Waals surface area contributed by atoms with E-state index < -0.39 is 69.3 Å². The second-order valence-corrected chi connectivity index (χ2v) is 13.7. The second-order valence-electron chi connectivity index (χ2n) is 11.9. The van der Waals surface area contributed by atoms with E-state index in [1.807, 2.05) is 0 Å². The van der Waals surface area contributed by atoms with Crippen LogP contribution in [-0.4, -0.2) is 50.2 Å². The lowest BCUT2D eigenvalue weighted by Crippen LogP contribution is -2.58. The zero-order chi connectivity index (χ0) is 36.2. The summed E-state index contributed by atoms with van der Waals surface area (Å²) in [4.78, 5) is 13.1. The molecule has 4 aromatic carbocycles. The van der Waals surface area contributed by atoms with Gasteiger partial charge in [0.1, 0.15) is 29.0 Å². The normalized spacial score (nSPS) is 17.7. The molecule has 2 N–H and O–H groups in total. The molecule has 1 saturated heterocycles. The van der Waals surface area contributed by atoms with Crippen LogP contribution in [0.2, 0.25) is 0 Å². The summed E-state index contributed by atoms with van der Waals surface area (Å²) >= 11 is 0. The highest BCUT2D eigenvalue weighted by Gasteiger charge is 2.38. The summed E-state index contributed by atoms with van der Waals surface area (Å²) in [7, 11) is -4.22. The summed E-state index contributed by atoms with van der Waals surface area (Å²) < 4.78 is 128. The molecule has 0 aromatic heterocycles. The van der Waals surface area contributed by atoms with Gasteiger partial charge in [-0.1, -0.05) is 18.2 Å². The smallest absolute Gasteiger partial charge is 0.406 e. The van der Waals surface area contributed by atoms with E-state index in [0.717, 1.165) is 48.5 Å². The molecule has 1 aliphatic rings. The van der Waals surface area contributed by atoms with Crippen molar-refractivity contribution >= 4 is 21.6 Å². The van der Waals surface area contributed by atoms with E-state index in [1.165, 1.54) is 34.6 Å². The molecule has 7 nitrogen and oxygen atoms in total. The van der Waals surface area contributed by atoms with Crippen molar-refractivity contribution in [2.24, 2.45) is 0 Å². The highest BCUT2D eigenvalue weighted by molar-refractivity contribution is 7.89. The minimum absolute atomic E-state index is 0.0256. The Bertz CT molecular complexity index is 1900. The van der Waals surface area contributed by atoms with Crippen molar-refractivity contribution in [2.45, 2.75) is 55.4 Å². The molecule has 15 heteroatoms. The minimum Gasteiger partial charge on any atom is -0.406 e. The number of carbonyl (C=O) groups excluding carboxylic acids is 1. The van der Waals surface area contributed by atoms with Gasteiger partial charge in [-0.25, -0.2) is 26.0 Å². The Morgan fingerprint density at radius 2 is 1.56 bits per heavy atom. The number of nitrogens with zero attached hydrogens (tertiary/aromatic N) is 1. The summed E-state index contributed by atoms with van der Waals surface area (Å²) in [6.45, 7) is 2.14. The van der Waals surface area contributed by atoms with E-state index >= 15 is 4.39 Å². The van der Waals surface area contributed by atoms with E-state index in [0.29, 0.717) is 11.6 Å². The highest BCUT2D eigenvalue weighted by Crippen LogP contribution is 2.32. The first kappa shape index (κ1) is 36.8. The number of alkyl halides is 3. The standard InChI is InChI=1S/C35H32F7N3O4S/c1-21-19-43-20-27(45(21)50(47,48)29-12-10-28(11-13-29)49-35(40,41)42)9-14-30-32(39)3-2-4-33(30)44-34(46)18-31(22-5-7-24(36)8-6-22)23-15-25(37)17-26(38)16-23/h2-8,10-13,15-17,21,27,31,43H,9,14,18-20H2,1H3,(H,44,46). The largest absolute Gasteiger partial charge is 0.573 e. The summed E-state index contributed by atoms with van der Waals surface area (Å²) in [5.41, 5.74) is 0.727.